The number of likely N-dealkylation sites (tertiary alicyclic amines) is 1. The lowest BCUT2D eigenvalue weighted by atomic mass is 9.92. The first-order chi connectivity index (χ1) is 11.7. The van der Waals surface area contributed by atoms with Crippen LogP contribution in [0.15, 0.2) is 36.4 Å². The van der Waals surface area contributed by atoms with E-state index < -0.39 is 0 Å². The van der Waals surface area contributed by atoms with Crippen molar-refractivity contribution in [3.63, 3.8) is 0 Å². The second kappa shape index (κ2) is 6.42. The molecule has 2 fully saturated rings. The predicted molar refractivity (Wildman–Crippen MR) is 91.8 cm³/mol. The first kappa shape index (κ1) is 15.4. The molecule has 1 N–H and O–H groups in total. The van der Waals surface area contributed by atoms with Gasteiger partial charge in [-0.25, -0.2) is 0 Å². The summed E-state index contributed by atoms with van der Waals surface area (Å²) in [6.07, 6.45) is 8.23. The third-order valence-corrected chi connectivity index (χ3v) is 5.72. The lowest BCUT2D eigenvalue weighted by Crippen LogP contribution is -2.33. The Hall–Kier alpha value is -2.10. The highest BCUT2D eigenvalue weighted by molar-refractivity contribution is 5.80. The van der Waals surface area contributed by atoms with Gasteiger partial charge in [-0.2, -0.15) is 0 Å². The van der Waals surface area contributed by atoms with E-state index in [1.165, 1.54) is 0 Å². The zero-order chi connectivity index (χ0) is 16.5. The van der Waals surface area contributed by atoms with Crippen LogP contribution in [0.2, 0.25) is 0 Å². The number of carbonyl (C=O) groups excluding carboxylic acids is 2. The fourth-order valence-corrected chi connectivity index (χ4v) is 4.36. The average Bonchev–Trinajstić information content (AvgIpc) is 3.31. The monoisotopic (exact) mass is 324 g/mol. The highest BCUT2D eigenvalue weighted by Crippen LogP contribution is 2.43. The molecule has 1 aromatic rings. The topological polar surface area (TPSA) is 49.4 Å². The largest absolute Gasteiger partial charge is 0.352 e. The highest BCUT2D eigenvalue weighted by Gasteiger charge is 2.39. The molecule has 126 valence electrons. The van der Waals surface area contributed by atoms with Gasteiger partial charge in [0.15, 0.2) is 0 Å². The standard InChI is InChI=1S/C20H24N2O2/c23-19-6-3-9-22(19)13-17-5-2-1-4-16(17)12-21-20(24)18-11-14-7-8-15(18)10-14/h1-2,4-5,7-8,14-15,18H,3,6,9-13H2,(H,21,24)/t14-,15+,18-/m1/s1. The smallest absolute Gasteiger partial charge is 0.223 e. The van der Waals surface area contributed by atoms with Gasteiger partial charge in [0.1, 0.15) is 0 Å². The molecule has 4 nitrogen and oxygen atoms in total. The van der Waals surface area contributed by atoms with Gasteiger partial charge in [0, 0.05) is 32.0 Å². The molecule has 4 rings (SSSR count). The van der Waals surface area contributed by atoms with Crippen molar-refractivity contribution >= 4 is 11.8 Å². The Morgan fingerprint density at radius 2 is 2.00 bits per heavy atom. The minimum Gasteiger partial charge on any atom is -0.352 e. The van der Waals surface area contributed by atoms with Gasteiger partial charge in [-0.3, -0.25) is 9.59 Å². The Morgan fingerprint density at radius 1 is 1.17 bits per heavy atom. The highest BCUT2D eigenvalue weighted by atomic mass is 16.2. The number of amides is 2. The van der Waals surface area contributed by atoms with Crippen LogP contribution in [0.3, 0.4) is 0 Å². The SMILES string of the molecule is O=C(NCc1ccccc1CN1CCCC1=O)[C@@H]1C[C@@H]2C=C[C@H]1C2. The second-order valence-corrected chi connectivity index (χ2v) is 7.29. The van der Waals surface area contributed by atoms with Crippen LogP contribution in [-0.4, -0.2) is 23.3 Å². The summed E-state index contributed by atoms with van der Waals surface area (Å²) >= 11 is 0. The van der Waals surface area contributed by atoms with Crippen molar-refractivity contribution in [2.75, 3.05) is 6.54 Å². The number of nitrogens with zero attached hydrogens (tertiary/aromatic N) is 1. The Bertz CT molecular complexity index is 682. The molecule has 1 heterocycles. The maximum Gasteiger partial charge on any atom is 0.223 e. The van der Waals surface area contributed by atoms with Crippen LogP contribution in [0.25, 0.3) is 0 Å². The zero-order valence-corrected chi connectivity index (χ0v) is 13.9. The van der Waals surface area contributed by atoms with Crippen LogP contribution in [0.5, 0.6) is 0 Å². The molecule has 2 aliphatic carbocycles. The molecule has 0 radical (unpaired) electrons. The quantitative estimate of drug-likeness (QED) is 0.847. The van der Waals surface area contributed by atoms with E-state index in [1.54, 1.807) is 0 Å². The molecule has 3 aliphatic rings. The Kier molecular flexibility index (Phi) is 4.13. The van der Waals surface area contributed by atoms with Crippen molar-refractivity contribution in [2.45, 2.75) is 38.8 Å². The van der Waals surface area contributed by atoms with E-state index in [4.69, 9.17) is 0 Å². The number of allylic oxidation sites excluding steroid dienone is 2. The van der Waals surface area contributed by atoms with E-state index in [2.05, 4.69) is 29.6 Å². The van der Waals surface area contributed by atoms with Crippen LogP contribution < -0.4 is 5.32 Å². The van der Waals surface area contributed by atoms with Gasteiger partial charge in [0.2, 0.25) is 11.8 Å². The summed E-state index contributed by atoms with van der Waals surface area (Å²) in [5.74, 6) is 1.61. The fourth-order valence-electron chi connectivity index (χ4n) is 4.36. The Balaban J connectivity index is 1.38. The van der Waals surface area contributed by atoms with Crippen LogP contribution in [-0.2, 0) is 22.7 Å². The molecule has 0 aromatic heterocycles. The molecule has 0 unspecified atom stereocenters. The van der Waals surface area contributed by atoms with Crippen LogP contribution >= 0.6 is 0 Å². The van der Waals surface area contributed by atoms with Gasteiger partial charge >= 0.3 is 0 Å². The van der Waals surface area contributed by atoms with Crippen molar-refractivity contribution in [1.82, 2.24) is 10.2 Å². The molecule has 24 heavy (non-hydrogen) atoms. The minimum atomic E-state index is 0.146. The third-order valence-electron chi connectivity index (χ3n) is 5.72. The number of benzene rings is 1. The van der Waals surface area contributed by atoms with E-state index in [0.29, 0.717) is 31.3 Å². The number of hydrogen-bond acceptors (Lipinski definition) is 2. The first-order valence-electron chi connectivity index (χ1n) is 9.01. The molecular weight excluding hydrogens is 300 g/mol. The number of nitrogens with one attached hydrogen (secondary N) is 1. The van der Waals surface area contributed by atoms with Gasteiger partial charge in [-0.05, 0) is 42.2 Å². The van der Waals surface area contributed by atoms with Gasteiger partial charge in [-0.15, -0.1) is 0 Å². The van der Waals surface area contributed by atoms with Gasteiger partial charge < -0.3 is 10.2 Å². The van der Waals surface area contributed by atoms with Crippen LogP contribution in [0.1, 0.15) is 36.8 Å². The van der Waals surface area contributed by atoms with Crippen molar-refractivity contribution < 1.29 is 9.59 Å². The molecule has 2 bridgehead atoms. The summed E-state index contributed by atoms with van der Waals surface area (Å²) < 4.78 is 0. The summed E-state index contributed by atoms with van der Waals surface area (Å²) in [5.41, 5.74) is 2.25. The number of fused-ring (bicyclic) bond motifs is 2. The summed E-state index contributed by atoms with van der Waals surface area (Å²) in [4.78, 5) is 26.3. The molecule has 1 saturated heterocycles. The lowest BCUT2D eigenvalue weighted by Gasteiger charge is -2.20. The maximum atomic E-state index is 12.5. The maximum absolute atomic E-state index is 12.5. The molecule has 0 spiro atoms. The zero-order valence-electron chi connectivity index (χ0n) is 13.9. The lowest BCUT2D eigenvalue weighted by molar-refractivity contribution is -0.128. The van der Waals surface area contributed by atoms with Crippen molar-refractivity contribution in [3.8, 4) is 0 Å². The molecule has 1 aliphatic heterocycles. The molecule has 2 amide bonds. The third kappa shape index (κ3) is 2.97. The summed E-state index contributed by atoms with van der Waals surface area (Å²) in [7, 11) is 0. The minimum absolute atomic E-state index is 0.146. The fraction of sp³-hybridized carbons (Fsp3) is 0.500. The average molecular weight is 324 g/mol. The van der Waals surface area contributed by atoms with Crippen molar-refractivity contribution in [1.29, 1.82) is 0 Å². The Morgan fingerprint density at radius 3 is 2.67 bits per heavy atom. The van der Waals surface area contributed by atoms with E-state index in [1.807, 2.05) is 17.0 Å². The number of hydrogen-bond donors (Lipinski definition) is 1. The van der Waals surface area contributed by atoms with Crippen molar-refractivity contribution in [2.24, 2.45) is 17.8 Å². The predicted octanol–water partition coefficient (Wildman–Crippen LogP) is 2.64. The van der Waals surface area contributed by atoms with E-state index in [9.17, 15) is 9.59 Å². The van der Waals surface area contributed by atoms with Gasteiger partial charge in [0.25, 0.3) is 0 Å². The van der Waals surface area contributed by atoms with E-state index in [0.717, 1.165) is 36.9 Å². The Labute approximate surface area is 142 Å². The van der Waals surface area contributed by atoms with E-state index in [-0.39, 0.29) is 17.7 Å². The summed E-state index contributed by atoms with van der Waals surface area (Å²) in [6.45, 7) is 2.05. The van der Waals surface area contributed by atoms with Crippen molar-refractivity contribution in [3.05, 3.63) is 47.5 Å². The summed E-state index contributed by atoms with van der Waals surface area (Å²) in [5, 5.41) is 3.13. The molecule has 3 atom stereocenters. The van der Waals surface area contributed by atoms with Gasteiger partial charge in [-0.1, -0.05) is 36.4 Å². The second-order valence-electron chi connectivity index (χ2n) is 7.29. The summed E-state index contributed by atoms with van der Waals surface area (Å²) in [6, 6.07) is 8.11. The number of rotatable bonds is 5. The molecular formula is C20H24N2O2. The normalized spacial score (nSPS) is 27.9. The molecule has 1 aromatic carbocycles. The van der Waals surface area contributed by atoms with E-state index >= 15 is 0 Å². The van der Waals surface area contributed by atoms with Crippen LogP contribution in [0.4, 0.5) is 0 Å². The number of carbonyl (C=O) groups is 2. The molecule has 1 saturated carbocycles. The molecule has 4 heteroatoms. The first-order valence-corrected chi connectivity index (χ1v) is 9.01. The van der Waals surface area contributed by atoms with Crippen LogP contribution in [0, 0.1) is 17.8 Å². The van der Waals surface area contributed by atoms with Gasteiger partial charge in [0.05, 0.1) is 0 Å².